The summed E-state index contributed by atoms with van der Waals surface area (Å²) in [5.41, 5.74) is 4.67. The van der Waals surface area contributed by atoms with Gasteiger partial charge in [0, 0.05) is 36.2 Å². The Bertz CT molecular complexity index is 1110. The first-order valence-corrected chi connectivity index (χ1v) is 11.1. The van der Waals surface area contributed by atoms with Crippen LogP contribution in [0.2, 0.25) is 0 Å². The zero-order chi connectivity index (χ0) is 22.1. The number of ether oxygens (including phenoxy) is 1. The monoisotopic (exact) mass is 431 g/mol. The van der Waals surface area contributed by atoms with Gasteiger partial charge >= 0.3 is 0 Å². The summed E-state index contributed by atoms with van der Waals surface area (Å²) in [4.78, 5) is 13.4. The van der Waals surface area contributed by atoms with Crippen molar-refractivity contribution in [2.75, 3.05) is 18.0 Å². The molecule has 0 amide bonds. The van der Waals surface area contributed by atoms with Gasteiger partial charge in [-0.3, -0.25) is 0 Å². The minimum atomic E-state index is -0.456. The number of nitrogens with zero attached hydrogens (tertiary/aromatic N) is 1. The first kappa shape index (κ1) is 20.7. The number of phenols is 1. The number of benzene rings is 3. The van der Waals surface area contributed by atoms with E-state index in [1.165, 1.54) is 6.07 Å². The van der Waals surface area contributed by atoms with E-state index in [1.807, 2.05) is 12.1 Å². The van der Waals surface area contributed by atoms with E-state index in [4.69, 9.17) is 4.74 Å². The van der Waals surface area contributed by atoms with Gasteiger partial charge < -0.3 is 19.5 Å². The highest BCUT2D eigenvalue weighted by Crippen LogP contribution is 2.46. The van der Waals surface area contributed by atoms with E-state index in [9.17, 15) is 14.3 Å². The molecule has 2 aliphatic rings. The van der Waals surface area contributed by atoms with E-state index in [-0.39, 0.29) is 23.4 Å². The van der Waals surface area contributed by atoms with Crippen LogP contribution in [-0.2, 0) is 16.1 Å². The Hall–Kier alpha value is -3.18. The molecular formula is C27H26FNO3. The molecule has 0 unspecified atom stereocenters. The molecule has 0 aliphatic carbocycles. The lowest BCUT2D eigenvalue weighted by Gasteiger charge is -2.35. The third-order valence-corrected chi connectivity index (χ3v) is 6.74. The predicted molar refractivity (Wildman–Crippen MR) is 121 cm³/mol. The van der Waals surface area contributed by atoms with Crippen LogP contribution in [0, 0.1) is 11.7 Å². The molecule has 3 aromatic rings. The second kappa shape index (κ2) is 8.75. The Morgan fingerprint density at radius 2 is 1.72 bits per heavy atom. The minimum absolute atomic E-state index is 0.166. The summed E-state index contributed by atoms with van der Waals surface area (Å²) >= 11 is 0. The van der Waals surface area contributed by atoms with E-state index >= 15 is 0 Å². The molecular weight excluding hydrogens is 405 g/mol. The van der Waals surface area contributed by atoms with Crippen LogP contribution in [0.15, 0.2) is 66.7 Å². The Morgan fingerprint density at radius 3 is 2.44 bits per heavy atom. The van der Waals surface area contributed by atoms with Crippen LogP contribution < -0.4 is 4.90 Å². The number of halogens is 1. The van der Waals surface area contributed by atoms with Crippen molar-refractivity contribution in [3.05, 3.63) is 94.8 Å². The zero-order valence-electron chi connectivity index (χ0n) is 17.8. The van der Waals surface area contributed by atoms with Gasteiger partial charge in [0.15, 0.2) is 0 Å². The molecule has 2 aliphatic heterocycles. The van der Waals surface area contributed by atoms with Gasteiger partial charge in [-0.25, -0.2) is 4.39 Å². The summed E-state index contributed by atoms with van der Waals surface area (Å²) in [7, 11) is 0. The number of fused-ring (bicyclic) bond motifs is 1. The number of carbonyl (C=O) groups excluding carboxylic acids is 1. The number of hydrogen-bond acceptors (Lipinski definition) is 4. The first-order valence-electron chi connectivity index (χ1n) is 11.1. The Labute approximate surface area is 187 Å². The summed E-state index contributed by atoms with van der Waals surface area (Å²) < 4.78 is 20.9. The van der Waals surface area contributed by atoms with E-state index in [0.717, 1.165) is 54.6 Å². The van der Waals surface area contributed by atoms with Gasteiger partial charge in [0.25, 0.3) is 0 Å². The highest BCUT2D eigenvalue weighted by Gasteiger charge is 2.34. The number of aldehydes is 1. The summed E-state index contributed by atoms with van der Waals surface area (Å²) in [6.07, 6.45) is 2.38. The summed E-state index contributed by atoms with van der Waals surface area (Å²) in [6.45, 7) is 2.06. The normalized spacial score (nSPS) is 21.2. The number of carbonyl (C=O) groups is 1. The van der Waals surface area contributed by atoms with Crippen molar-refractivity contribution in [1.29, 1.82) is 0 Å². The van der Waals surface area contributed by atoms with Crippen LogP contribution in [0.5, 0.6) is 5.75 Å². The van der Waals surface area contributed by atoms with Crippen LogP contribution in [0.1, 0.15) is 47.1 Å². The highest BCUT2D eigenvalue weighted by atomic mass is 19.1. The third-order valence-electron chi connectivity index (χ3n) is 6.74. The van der Waals surface area contributed by atoms with Gasteiger partial charge in [0.2, 0.25) is 0 Å². The molecule has 3 aromatic carbocycles. The third kappa shape index (κ3) is 3.89. The maximum Gasteiger partial charge on any atom is 0.129 e. The van der Waals surface area contributed by atoms with Crippen molar-refractivity contribution < 1.29 is 19.0 Å². The molecule has 1 fully saturated rings. The number of phenolic OH excluding ortho intramolecular Hbond substituents is 1. The second-order valence-corrected chi connectivity index (χ2v) is 8.67. The zero-order valence-corrected chi connectivity index (χ0v) is 17.8. The Balaban J connectivity index is 1.50. The van der Waals surface area contributed by atoms with Crippen LogP contribution in [0.25, 0.3) is 0 Å². The van der Waals surface area contributed by atoms with Crippen molar-refractivity contribution in [1.82, 2.24) is 0 Å². The molecule has 1 N–H and O–H groups in total. The number of hydrogen-bond donors (Lipinski definition) is 1. The quantitative estimate of drug-likeness (QED) is 0.566. The lowest BCUT2D eigenvalue weighted by atomic mass is 9.79. The number of rotatable bonds is 4. The maximum absolute atomic E-state index is 14.7. The van der Waals surface area contributed by atoms with Gasteiger partial charge in [-0.1, -0.05) is 36.4 Å². The smallest absolute Gasteiger partial charge is 0.129 e. The SMILES string of the molecule is O=CC1CCN(c2ccc([C@@H]3c4ccc(O)cc4CO[C@@H]3c3ccccc3F)cc2)CC1. The minimum Gasteiger partial charge on any atom is -0.508 e. The number of anilines is 1. The van der Waals surface area contributed by atoms with Gasteiger partial charge in [-0.2, -0.15) is 0 Å². The van der Waals surface area contributed by atoms with E-state index in [0.29, 0.717) is 12.2 Å². The molecule has 2 heterocycles. The van der Waals surface area contributed by atoms with Crippen LogP contribution >= 0.6 is 0 Å². The van der Waals surface area contributed by atoms with Crippen molar-refractivity contribution in [3.63, 3.8) is 0 Å². The molecule has 32 heavy (non-hydrogen) atoms. The fraction of sp³-hybridized carbons (Fsp3) is 0.296. The van der Waals surface area contributed by atoms with Gasteiger partial charge in [0.05, 0.1) is 12.7 Å². The molecule has 4 nitrogen and oxygen atoms in total. The second-order valence-electron chi connectivity index (χ2n) is 8.67. The van der Waals surface area contributed by atoms with E-state index in [1.54, 1.807) is 24.3 Å². The van der Waals surface area contributed by atoms with Gasteiger partial charge in [-0.15, -0.1) is 0 Å². The topological polar surface area (TPSA) is 49.8 Å². The van der Waals surface area contributed by atoms with Gasteiger partial charge in [0.1, 0.15) is 17.9 Å². The van der Waals surface area contributed by atoms with E-state index < -0.39 is 6.10 Å². The lowest BCUT2D eigenvalue weighted by Crippen LogP contribution is -2.34. The molecule has 2 atom stereocenters. The molecule has 0 aromatic heterocycles. The van der Waals surface area contributed by atoms with Crippen molar-refractivity contribution in [2.24, 2.45) is 5.92 Å². The van der Waals surface area contributed by atoms with E-state index in [2.05, 4.69) is 29.2 Å². The van der Waals surface area contributed by atoms with Crippen molar-refractivity contribution >= 4 is 12.0 Å². The predicted octanol–water partition coefficient (Wildman–Crippen LogP) is 5.35. The Kier molecular flexibility index (Phi) is 5.66. The number of aromatic hydroxyl groups is 1. The molecule has 164 valence electrons. The Morgan fingerprint density at radius 1 is 0.969 bits per heavy atom. The molecule has 0 spiro atoms. The highest BCUT2D eigenvalue weighted by molar-refractivity contribution is 5.56. The van der Waals surface area contributed by atoms with Gasteiger partial charge in [-0.05, 0) is 59.9 Å². The van der Waals surface area contributed by atoms with Crippen LogP contribution in [0.3, 0.4) is 0 Å². The van der Waals surface area contributed by atoms with Crippen molar-refractivity contribution in [2.45, 2.75) is 31.5 Å². The summed E-state index contributed by atoms with van der Waals surface area (Å²) in [5.74, 6) is -0.102. The fourth-order valence-corrected chi connectivity index (χ4v) is 4.98. The maximum atomic E-state index is 14.7. The lowest BCUT2D eigenvalue weighted by molar-refractivity contribution is -0.111. The average Bonchev–Trinajstić information content (AvgIpc) is 2.84. The largest absolute Gasteiger partial charge is 0.508 e. The van der Waals surface area contributed by atoms with Crippen LogP contribution in [0.4, 0.5) is 10.1 Å². The molecule has 1 saturated heterocycles. The number of piperidine rings is 1. The first-order chi connectivity index (χ1) is 15.6. The molecule has 0 radical (unpaired) electrons. The fourth-order valence-electron chi connectivity index (χ4n) is 4.98. The molecule has 5 rings (SSSR count). The molecule has 5 heteroatoms. The molecule has 0 saturated carbocycles. The van der Waals surface area contributed by atoms with Crippen molar-refractivity contribution in [3.8, 4) is 5.75 Å². The van der Waals surface area contributed by atoms with Crippen LogP contribution in [-0.4, -0.2) is 24.5 Å². The summed E-state index contributed by atoms with van der Waals surface area (Å²) in [5, 5.41) is 9.95. The average molecular weight is 432 g/mol. The summed E-state index contributed by atoms with van der Waals surface area (Å²) in [6, 6.07) is 20.5. The standard InChI is InChI=1S/C27H26FNO3/c28-25-4-2-1-3-24(25)27-26(23-10-9-22(31)15-20(23)17-32-27)19-5-7-21(8-6-19)29-13-11-18(16-30)12-14-29/h1-10,15-16,18,26-27,31H,11-14,17H2/t26-,27-/m1/s1. The molecule has 0 bridgehead atoms.